The van der Waals surface area contributed by atoms with Crippen molar-refractivity contribution in [3.05, 3.63) is 59.2 Å². The van der Waals surface area contributed by atoms with E-state index in [0.29, 0.717) is 5.75 Å². The molecule has 0 heterocycles. The standard InChI is InChI=1S/C18H21NO2/c1-12-8-10-16(11-9-12)21-15(4)18(20)19-17-13(2)6-5-7-14(17)3/h5-11,15H,1-4H3,(H,19,20)/t15-/m0/s1. The predicted molar refractivity (Wildman–Crippen MR) is 85.8 cm³/mol. The molecule has 0 unspecified atom stereocenters. The molecule has 0 aliphatic carbocycles. The lowest BCUT2D eigenvalue weighted by Crippen LogP contribution is -2.30. The summed E-state index contributed by atoms with van der Waals surface area (Å²) >= 11 is 0. The molecule has 3 nitrogen and oxygen atoms in total. The number of ether oxygens (including phenoxy) is 1. The molecular formula is C18H21NO2. The van der Waals surface area contributed by atoms with Crippen LogP contribution in [0, 0.1) is 20.8 Å². The number of carbonyl (C=O) groups excluding carboxylic acids is 1. The molecule has 1 N–H and O–H groups in total. The van der Waals surface area contributed by atoms with E-state index in [4.69, 9.17) is 4.74 Å². The maximum absolute atomic E-state index is 12.3. The number of carbonyl (C=O) groups is 1. The first-order valence-electron chi connectivity index (χ1n) is 7.08. The highest BCUT2D eigenvalue weighted by atomic mass is 16.5. The van der Waals surface area contributed by atoms with Crippen molar-refractivity contribution >= 4 is 11.6 Å². The number of rotatable bonds is 4. The van der Waals surface area contributed by atoms with Gasteiger partial charge >= 0.3 is 0 Å². The third kappa shape index (κ3) is 3.85. The van der Waals surface area contributed by atoms with Crippen LogP contribution in [0.2, 0.25) is 0 Å². The zero-order valence-electron chi connectivity index (χ0n) is 12.9. The van der Waals surface area contributed by atoms with Gasteiger partial charge in [0.2, 0.25) is 0 Å². The van der Waals surface area contributed by atoms with Gasteiger partial charge in [-0.1, -0.05) is 35.9 Å². The lowest BCUT2D eigenvalue weighted by Gasteiger charge is -2.17. The molecule has 0 bridgehead atoms. The summed E-state index contributed by atoms with van der Waals surface area (Å²) in [6.07, 6.45) is -0.549. The fourth-order valence-corrected chi connectivity index (χ4v) is 2.11. The second-order valence-corrected chi connectivity index (χ2v) is 5.33. The van der Waals surface area contributed by atoms with E-state index >= 15 is 0 Å². The molecule has 110 valence electrons. The van der Waals surface area contributed by atoms with E-state index in [0.717, 1.165) is 22.4 Å². The lowest BCUT2D eigenvalue weighted by molar-refractivity contribution is -0.122. The SMILES string of the molecule is Cc1ccc(O[C@@H](C)C(=O)Nc2c(C)cccc2C)cc1. The average Bonchev–Trinajstić information content (AvgIpc) is 2.45. The van der Waals surface area contributed by atoms with Gasteiger partial charge in [0.05, 0.1) is 0 Å². The van der Waals surface area contributed by atoms with Crippen LogP contribution in [0.5, 0.6) is 5.75 Å². The van der Waals surface area contributed by atoms with Crippen molar-refractivity contribution in [2.45, 2.75) is 33.8 Å². The summed E-state index contributed by atoms with van der Waals surface area (Å²) in [5.74, 6) is 0.553. The number of benzene rings is 2. The molecular weight excluding hydrogens is 262 g/mol. The van der Waals surface area contributed by atoms with Crippen LogP contribution in [0.15, 0.2) is 42.5 Å². The number of anilines is 1. The molecule has 2 aromatic rings. The van der Waals surface area contributed by atoms with Crippen molar-refractivity contribution in [3.63, 3.8) is 0 Å². The molecule has 2 rings (SSSR count). The van der Waals surface area contributed by atoms with Gasteiger partial charge in [-0.05, 0) is 51.0 Å². The van der Waals surface area contributed by atoms with Gasteiger partial charge in [0.25, 0.3) is 5.91 Å². The molecule has 0 saturated heterocycles. The van der Waals surface area contributed by atoms with Crippen LogP contribution in [0.3, 0.4) is 0 Å². The Morgan fingerprint density at radius 3 is 2.14 bits per heavy atom. The first-order valence-corrected chi connectivity index (χ1v) is 7.08. The third-order valence-corrected chi connectivity index (χ3v) is 3.43. The molecule has 0 aromatic heterocycles. The minimum atomic E-state index is -0.549. The van der Waals surface area contributed by atoms with Crippen molar-refractivity contribution in [1.29, 1.82) is 0 Å². The van der Waals surface area contributed by atoms with E-state index in [1.54, 1.807) is 6.92 Å². The largest absolute Gasteiger partial charge is 0.481 e. The maximum atomic E-state index is 12.3. The van der Waals surface area contributed by atoms with Crippen LogP contribution in [0.4, 0.5) is 5.69 Å². The zero-order valence-corrected chi connectivity index (χ0v) is 12.9. The van der Waals surface area contributed by atoms with Gasteiger partial charge in [-0.25, -0.2) is 0 Å². The van der Waals surface area contributed by atoms with E-state index in [9.17, 15) is 4.79 Å². The second kappa shape index (κ2) is 6.44. The number of hydrogen-bond donors (Lipinski definition) is 1. The molecule has 0 fully saturated rings. The van der Waals surface area contributed by atoms with Crippen LogP contribution in [-0.4, -0.2) is 12.0 Å². The Balaban J connectivity index is 2.04. The third-order valence-electron chi connectivity index (χ3n) is 3.43. The molecule has 2 aromatic carbocycles. The van der Waals surface area contributed by atoms with Crippen LogP contribution in [0.25, 0.3) is 0 Å². The Morgan fingerprint density at radius 1 is 1.00 bits per heavy atom. The Labute approximate surface area is 126 Å². The first-order chi connectivity index (χ1) is 9.97. The number of aryl methyl sites for hydroxylation is 3. The highest BCUT2D eigenvalue weighted by Crippen LogP contribution is 2.20. The van der Waals surface area contributed by atoms with Gasteiger partial charge in [0.1, 0.15) is 5.75 Å². The van der Waals surface area contributed by atoms with Crippen molar-refractivity contribution in [1.82, 2.24) is 0 Å². The topological polar surface area (TPSA) is 38.3 Å². The molecule has 0 saturated carbocycles. The molecule has 1 atom stereocenters. The summed E-state index contributed by atoms with van der Waals surface area (Å²) in [5.41, 5.74) is 4.12. The molecule has 1 amide bonds. The van der Waals surface area contributed by atoms with Crippen molar-refractivity contribution in [2.75, 3.05) is 5.32 Å². The second-order valence-electron chi connectivity index (χ2n) is 5.33. The van der Waals surface area contributed by atoms with Crippen molar-refractivity contribution < 1.29 is 9.53 Å². The quantitative estimate of drug-likeness (QED) is 0.920. The minimum absolute atomic E-state index is 0.145. The maximum Gasteiger partial charge on any atom is 0.265 e. The molecule has 0 aliphatic rings. The smallest absolute Gasteiger partial charge is 0.265 e. The molecule has 0 aliphatic heterocycles. The van der Waals surface area contributed by atoms with E-state index < -0.39 is 6.10 Å². The average molecular weight is 283 g/mol. The van der Waals surface area contributed by atoms with Crippen molar-refractivity contribution in [2.24, 2.45) is 0 Å². The van der Waals surface area contributed by atoms with E-state index in [1.807, 2.05) is 63.2 Å². The van der Waals surface area contributed by atoms with E-state index in [-0.39, 0.29) is 5.91 Å². The summed E-state index contributed by atoms with van der Waals surface area (Å²) in [7, 11) is 0. The lowest BCUT2D eigenvalue weighted by atomic mass is 10.1. The Bertz CT molecular complexity index is 612. The summed E-state index contributed by atoms with van der Waals surface area (Å²) in [6.45, 7) is 7.73. The van der Waals surface area contributed by atoms with Crippen molar-refractivity contribution in [3.8, 4) is 5.75 Å². The molecule has 3 heteroatoms. The van der Waals surface area contributed by atoms with Crippen LogP contribution < -0.4 is 10.1 Å². The summed E-state index contributed by atoms with van der Waals surface area (Å²) in [6, 6.07) is 13.6. The predicted octanol–water partition coefficient (Wildman–Crippen LogP) is 4.02. The molecule has 0 spiro atoms. The highest BCUT2D eigenvalue weighted by molar-refractivity contribution is 5.95. The fourth-order valence-electron chi connectivity index (χ4n) is 2.11. The van der Waals surface area contributed by atoms with E-state index in [1.165, 1.54) is 0 Å². The summed E-state index contributed by atoms with van der Waals surface area (Å²) in [5, 5.41) is 2.95. The fraction of sp³-hybridized carbons (Fsp3) is 0.278. The minimum Gasteiger partial charge on any atom is -0.481 e. The van der Waals surface area contributed by atoms with Crippen LogP contribution in [0.1, 0.15) is 23.6 Å². The normalized spacial score (nSPS) is 11.8. The Hall–Kier alpha value is -2.29. The number of para-hydroxylation sites is 1. The van der Waals surface area contributed by atoms with Gasteiger partial charge in [0.15, 0.2) is 6.10 Å². The number of amides is 1. The Kier molecular flexibility index (Phi) is 4.63. The summed E-state index contributed by atoms with van der Waals surface area (Å²) < 4.78 is 5.67. The van der Waals surface area contributed by atoms with Crippen LogP contribution >= 0.6 is 0 Å². The number of nitrogens with one attached hydrogen (secondary N) is 1. The van der Waals surface area contributed by atoms with Gasteiger partial charge < -0.3 is 10.1 Å². The Morgan fingerprint density at radius 2 is 1.57 bits per heavy atom. The number of hydrogen-bond acceptors (Lipinski definition) is 2. The first kappa shape index (κ1) is 15.1. The monoisotopic (exact) mass is 283 g/mol. The van der Waals surface area contributed by atoms with E-state index in [2.05, 4.69) is 5.32 Å². The zero-order chi connectivity index (χ0) is 15.4. The van der Waals surface area contributed by atoms with Gasteiger partial charge in [0, 0.05) is 5.69 Å². The van der Waals surface area contributed by atoms with Gasteiger partial charge in [-0.2, -0.15) is 0 Å². The highest BCUT2D eigenvalue weighted by Gasteiger charge is 2.16. The van der Waals surface area contributed by atoms with Crippen LogP contribution in [-0.2, 0) is 4.79 Å². The molecule has 0 radical (unpaired) electrons. The molecule has 21 heavy (non-hydrogen) atoms. The van der Waals surface area contributed by atoms with Gasteiger partial charge in [-0.15, -0.1) is 0 Å². The summed E-state index contributed by atoms with van der Waals surface area (Å²) in [4.78, 5) is 12.3. The van der Waals surface area contributed by atoms with Gasteiger partial charge in [-0.3, -0.25) is 4.79 Å².